The fourth-order valence-electron chi connectivity index (χ4n) is 5.06. The molecule has 2 amide bonds. The highest BCUT2D eigenvalue weighted by atomic mass is 16.5. The number of carboxylic acids is 1. The van der Waals surface area contributed by atoms with Crippen LogP contribution in [0.25, 0.3) is 5.69 Å². The van der Waals surface area contributed by atoms with Crippen molar-refractivity contribution >= 4 is 29.2 Å². The van der Waals surface area contributed by atoms with Crippen LogP contribution in [0.5, 0.6) is 5.75 Å². The van der Waals surface area contributed by atoms with E-state index in [0.717, 1.165) is 23.4 Å². The molecule has 0 aliphatic carbocycles. The zero-order chi connectivity index (χ0) is 25.0. The van der Waals surface area contributed by atoms with Crippen molar-refractivity contribution in [2.75, 3.05) is 36.1 Å². The quantitative estimate of drug-likeness (QED) is 0.600. The number of anilines is 2. The first-order valence-corrected chi connectivity index (χ1v) is 11.9. The molecule has 0 radical (unpaired) electrons. The molecule has 4 heterocycles. The van der Waals surface area contributed by atoms with Crippen LogP contribution in [0.3, 0.4) is 0 Å². The normalized spacial score (nSPS) is 19.2. The molecule has 10 heteroatoms. The summed E-state index contributed by atoms with van der Waals surface area (Å²) in [4.78, 5) is 41.4. The molecule has 1 fully saturated rings. The fraction of sp³-hybridized carbons (Fsp3) is 0.308. The van der Waals surface area contributed by atoms with E-state index in [-0.39, 0.29) is 23.2 Å². The lowest BCUT2D eigenvalue weighted by Gasteiger charge is -2.31. The average molecular weight is 489 g/mol. The number of aromatic carboxylic acids is 1. The smallest absolute Gasteiger partial charge is 0.356 e. The number of hydrogen-bond donors (Lipinski definition) is 1. The highest BCUT2D eigenvalue weighted by Gasteiger charge is 2.35. The van der Waals surface area contributed by atoms with Crippen LogP contribution in [-0.2, 0) is 22.4 Å². The molecule has 3 aromatic rings. The minimum absolute atomic E-state index is 0.0995. The van der Waals surface area contributed by atoms with Gasteiger partial charge in [0.2, 0.25) is 0 Å². The standard InChI is InChI=1S/C26H24N4O6/c1-15-24(31)29(11-13-35-15)18-4-2-17(3-5-18)28-10-8-20-22(26(33)34)27-30(23(20)25(28)32)19-6-7-21-16(14-19)9-12-36-21/h2-7,14-15H,8-13H2,1H3,(H,33,34). The van der Waals surface area contributed by atoms with Crippen LogP contribution < -0.4 is 14.5 Å². The van der Waals surface area contributed by atoms with E-state index in [9.17, 15) is 19.5 Å². The third kappa shape index (κ3) is 3.53. The Morgan fingerprint density at radius 1 is 0.972 bits per heavy atom. The summed E-state index contributed by atoms with van der Waals surface area (Å²) < 4.78 is 12.4. The Bertz CT molecular complexity index is 1400. The molecule has 184 valence electrons. The molecule has 1 unspecified atom stereocenters. The molecule has 1 N–H and O–H groups in total. The number of ether oxygens (including phenoxy) is 2. The Labute approximate surface area is 206 Å². The van der Waals surface area contributed by atoms with Gasteiger partial charge in [-0.2, -0.15) is 5.10 Å². The van der Waals surface area contributed by atoms with Gasteiger partial charge in [-0.3, -0.25) is 9.59 Å². The molecule has 0 spiro atoms. The predicted octanol–water partition coefficient (Wildman–Crippen LogP) is 2.46. The summed E-state index contributed by atoms with van der Waals surface area (Å²) in [5, 5.41) is 14.1. The zero-order valence-corrected chi connectivity index (χ0v) is 19.6. The first kappa shape index (κ1) is 22.3. The van der Waals surface area contributed by atoms with Crippen molar-refractivity contribution in [2.24, 2.45) is 0 Å². The van der Waals surface area contributed by atoms with Crippen LogP contribution in [0.15, 0.2) is 42.5 Å². The third-order valence-corrected chi connectivity index (χ3v) is 6.91. The number of amides is 2. The van der Waals surface area contributed by atoms with Gasteiger partial charge in [0.15, 0.2) is 5.69 Å². The lowest BCUT2D eigenvalue weighted by Crippen LogP contribution is -2.46. The van der Waals surface area contributed by atoms with E-state index in [2.05, 4.69) is 5.10 Å². The van der Waals surface area contributed by atoms with Crippen LogP contribution in [0.4, 0.5) is 11.4 Å². The molecular weight excluding hydrogens is 464 g/mol. The topological polar surface area (TPSA) is 114 Å². The first-order valence-electron chi connectivity index (χ1n) is 11.9. The van der Waals surface area contributed by atoms with Crippen molar-refractivity contribution in [1.29, 1.82) is 0 Å². The molecule has 3 aliphatic rings. The number of carbonyl (C=O) groups excluding carboxylic acids is 2. The summed E-state index contributed by atoms with van der Waals surface area (Å²) in [5.41, 5.74) is 3.59. The summed E-state index contributed by atoms with van der Waals surface area (Å²) in [7, 11) is 0. The molecule has 1 aromatic heterocycles. The second-order valence-corrected chi connectivity index (χ2v) is 9.01. The van der Waals surface area contributed by atoms with E-state index in [0.29, 0.717) is 49.7 Å². The van der Waals surface area contributed by atoms with E-state index in [1.165, 1.54) is 4.68 Å². The van der Waals surface area contributed by atoms with E-state index in [1.807, 2.05) is 24.3 Å². The average Bonchev–Trinajstić information content (AvgIpc) is 3.51. The minimum atomic E-state index is -1.16. The molecule has 10 nitrogen and oxygen atoms in total. The summed E-state index contributed by atoms with van der Waals surface area (Å²) in [6, 6.07) is 12.7. The minimum Gasteiger partial charge on any atom is -0.493 e. The van der Waals surface area contributed by atoms with Crippen LogP contribution in [-0.4, -0.2) is 65.1 Å². The highest BCUT2D eigenvalue weighted by Crippen LogP contribution is 2.32. The van der Waals surface area contributed by atoms with Gasteiger partial charge in [-0.05, 0) is 61.4 Å². The largest absolute Gasteiger partial charge is 0.493 e. The van der Waals surface area contributed by atoms with Gasteiger partial charge in [0.05, 0.1) is 18.9 Å². The second-order valence-electron chi connectivity index (χ2n) is 9.01. The molecule has 0 saturated carbocycles. The fourth-order valence-corrected chi connectivity index (χ4v) is 5.06. The molecule has 6 rings (SSSR count). The Morgan fingerprint density at radius 2 is 1.69 bits per heavy atom. The van der Waals surface area contributed by atoms with Gasteiger partial charge in [0, 0.05) is 36.4 Å². The first-order chi connectivity index (χ1) is 17.4. The maximum Gasteiger partial charge on any atom is 0.356 e. The summed E-state index contributed by atoms with van der Waals surface area (Å²) in [6.45, 7) is 3.58. The van der Waals surface area contributed by atoms with Crippen molar-refractivity contribution < 1.29 is 29.0 Å². The monoisotopic (exact) mass is 488 g/mol. The SMILES string of the molecule is CC1OCCN(c2ccc(N3CCc4c(C(=O)O)nn(-c5ccc6c(c5)CCO6)c4C3=O)cc2)C1=O. The lowest BCUT2D eigenvalue weighted by molar-refractivity contribution is -0.132. The number of fused-ring (bicyclic) bond motifs is 2. The van der Waals surface area contributed by atoms with Crippen LogP contribution in [0, 0.1) is 0 Å². The molecule has 3 aliphatic heterocycles. The number of aromatic nitrogens is 2. The van der Waals surface area contributed by atoms with Crippen LogP contribution >= 0.6 is 0 Å². The van der Waals surface area contributed by atoms with E-state index in [4.69, 9.17) is 9.47 Å². The maximum absolute atomic E-state index is 13.7. The van der Waals surface area contributed by atoms with Gasteiger partial charge in [0.1, 0.15) is 17.5 Å². The van der Waals surface area contributed by atoms with Gasteiger partial charge in [-0.15, -0.1) is 0 Å². The third-order valence-electron chi connectivity index (χ3n) is 6.91. The Kier molecular flexibility index (Phi) is 5.26. The van der Waals surface area contributed by atoms with E-state index in [1.54, 1.807) is 34.9 Å². The molecule has 0 bridgehead atoms. The number of rotatable bonds is 4. The van der Waals surface area contributed by atoms with Gasteiger partial charge >= 0.3 is 5.97 Å². The number of nitrogens with zero attached hydrogens (tertiary/aromatic N) is 4. The second kappa shape index (κ2) is 8.49. The molecular formula is C26H24N4O6. The van der Waals surface area contributed by atoms with E-state index >= 15 is 0 Å². The van der Waals surface area contributed by atoms with Gasteiger partial charge < -0.3 is 24.4 Å². The van der Waals surface area contributed by atoms with Gasteiger partial charge in [0.25, 0.3) is 11.8 Å². The van der Waals surface area contributed by atoms with Gasteiger partial charge in [-0.1, -0.05) is 0 Å². The molecule has 1 atom stereocenters. The number of benzene rings is 2. The van der Waals surface area contributed by atoms with Crippen molar-refractivity contribution in [3.8, 4) is 11.4 Å². The number of carboxylic acid groups (broad SMARTS) is 1. The number of morpholine rings is 1. The predicted molar refractivity (Wildman–Crippen MR) is 129 cm³/mol. The lowest BCUT2D eigenvalue weighted by atomic mass is 10.0. The Balaban J connectivity index is 1.35. The highest BCUT2D eigenvalue weighted by molar-refractivity contribution is 6.09. The molecule has 36 heavy (non-hydrogen) atoms. The summed E-state index contributed by atoms with van der Waals surface area (Å²) in [6.07, 6.45) is 0.614. The van der Waals surface area contributed by atoms with Crippen LogP contribution in [0.2, 0.25) is 0 Å². The van der Waals surface area contributed by atoms with Crippen molar-refractivity contribution in [2.45, 2.75) is 25.9 Å². The summed E-state index contributed by atoms with van der Waals surface area (Å²) >= 11 is 0. The molecule has 2 aromatic carbocycles. The zero-order valence-electron chi connectivity index (χ0n) is 19.6. The number of carbonyl (C=O) groups is 3. The Morgan fingerprint density at radius 3 is 2.44 bits per heavy atom. The Hall–Kier alpha value is -4.18. The van der Waals surface area contributed by atoms with E-state index < -0.39 is 12.1 Å². The van der Waals surface area contributed by atoms with Crippen molar-refractivity contribution in [1.82, 2.24) is 9.78 Å². The van der Waals surface area contributed by atoms with Crippen LogP contribution in [0.1, 0.15) is 39.0 Å². The number of hydrogen-bond acceptors (Lipinski definition) is 6. The summed E-state index contributed by atoms with van der Waals surface area (Å²) in [5.74, 6) is -0.793. The van der Waals surface area contributed by atoms with Crippen molar-refractivity contribution in [3.63, 3.8) is 0 Å². The van der Waals surface area contributed by atoms with Crippen molar-refractivity contribution in [3.05, 3.63) is 65.0 Å². The molecule has 1 saturated heterocycles. The van der Waals surface area contributed by atoms with Gasteiger partial charge in [-0.25, -0.2) is 9.48 Å². The maximum atomic E-state index is 13.7.